The molecule has 0 spiro atoms. The van der Waals surface area contributed by atoms with E-state index in [0.717, 1.165) is 19.4 Å². The molecule has 1 aliphatic rings. The highest BCUT2D eigenvalue weighted by Crippen LogP contribution is 2.24. The van der Waals surface area contributed by atoms with Gasteiger partial charge in [-0.3, -0.25) is 4.90 Å². The fourth-order valence-corrected chi connectivity index (χ4v) is 2.42. The van der Waals surface area contributed by atoms with Crippen molar-refractivity contribution in [1.29, 1.82) is 0 Å². The van der Waals surface area contributed by atoms with Crippen LogP contribution in [0.5, 0.6) is 0 Å². The first-order valence-electron chi connectivity index (χ1n) is 5.95. The van der Waals surface area contributed by atoms with Crippen molar-refractivity contribution in [2.75, 3.05) is 18.8 Å². The Morgan fingerprint density at radius 1 is 1.53 bits per heavy atom. The number of β-amino-alcohol motifs (C(OH)–C–C–N with tert-alkyl or cyclic N) is 1. The fraction of sp³-hybridized carbons (Fsp3) is 0.538. The van der Waals surface area contributed by atoms with Gasteiger partial charge in [0, 0.05) is 24.3 Å². The second-order valence-electron chi connectivity index (χ2n) is 5.12. The molecular formula is C13H19FN2O. The maximum absolute atomic E-state index is 13.6. The summed E-state index contributed by atoms with van der Waals surface area (Å²) in [4.78, 5) is 2.05. The third kappa shape index (κ3) is 2.96. The van der Waals surface area contributed by atoms with Gasteiger partial charge in [-0.05, 0) is 38.4 Å². The Bertz CT molecular complexity index is 386. The van der Waals surface area contributed by atoms with Gasteiger partial charge in [0.05, 0.1) is 5.60 Å². The summed E-state index contributed by atoms with van der Waals surface area (Å²) in [6.07, 6.45) is 1.73. The topological polar surface area (TPSA) is 49.5 Å². The summed E-state index contributed by atoms with van der Waals surface area (Å²) in [5.74, 6) is -0.268. The molecule has 94 valence electrons. The third-order valence-electron chi connectivity index (χ3n) is 3.29. The summed E-state index contributed by atoms with van der Waals surface area (Å²) >= 11 is 0. The molecule has 1 aromatic rings. The number of piperidine rings is 1. The highest BCUT2D eigenvalue weighted by Gasteiger charge is 2.28. The lowest BCUT2D eigenvalue weighted by Crippen LogP contribution is -2.45. The maximum atomic E-state index is 13.6. The number of nitrogens with two attached hydrogens (primary N) is 1. The summed E-state index contributed by atoms with van der Waals surface area (Å²) < 4.78 is 13.6. The fourth-order valence-electron chi connectivity index (χ4n) is 2.42. The minimum Gasteiger partial charge on any atom is -0.398 e. The van der Waals surface area contributed by atoms with Gasteiger partial charge in [-0.1, -0.05) is 6.07 Å². The summed E-state index contributed by atoms with van der Waals surface area (Å²) in [6.45, 7) is 3.74. The van der Waals surface area contributed by atoms with E-state index in [1.807, 2.05) is 6.92 Å². The molecule has 0 amide bonds. The van der Waals surface area contributed by atoms with Crippen LogP contribution in [-0.4, -0.2) is 28.7 Å². The van der Waals surface area contributed by atoms with Crippen LogP contribution in [0.15, 0.2) is 18.2 Å². The molecule has 1 heterocycles. The van der Waals surface area contributed by atoms with Crippen molar-refractivity contribution in [1.82, 2.24) is 4.90 Å². The molecular weight excluding hydrogens is 219 g/mol. The van der Waals surface area contributed by atoms with Gasteiger partial charge in [0.2, 0.25) is 0 Å². The zero-order chi connectivity index (χ0) is 12.5. The van der Waals surface area contributed by atoms with Crippen molar-refractivity contribution in [2.24, 2.45) is 0 Å². The van der Waals surface area contributed by atoms with Gasteiger partial charge in [-0.25, -0.2) is 4.39 Å². The zero-order valence-electron chi connectivity index (χ0n) is 10.1. The van der Waals surface area contributed by atoms with Gasteiger partial charge in [0.25, 0.3) is 0 Å². The quantitative estimate of drug-likeness (QED) is 0.772. The Hall–Kier alpha value is -1.13. The molecule has 1 aliphatic heterocycles. The molecule has 0 saturated carbocycles. The smallest absolute Gasteiger partial charge is 0.129 e. The monoisotopic (exact) mass is 238 g/mol. The van der Waals surface area contributed by atoms with Gasteiger partial charge in [0.15, 0.2) is 0 Å². The molecule has 3 nitrogen and oxygen atoms in total. The van der Waals surface area contributed by atoms with Crippen molar-refractivity contribution in [3.05, 3.63) is 29.6 Å². The van der Waals surface area contributed by atoms with Crippen LogP contribution in [0, 0.1) is 5.82 Å². The van der Waals surface area contributed by atoms with E-state index >= 15 is 0 Å². The van der Waals surface area contributed by atoms with E-state index in [0.29, 0.717) is 24.3 Å². The lowest BCUT2D eigenvalue weighted by atomic mass is 9.95. The van der Waals surface area contributed by atoms with Crippen LogP contribution in [0.3, 0.4) is 0 Å². The van der Waals surface area contributed by atoms with Gasteiger partial charge in [-0.2, -0.15) is 0 Å². The van der Waals surface area contributed by atoms with Gasteiger partial charge < -0.3 is 10.8 Å². The molecule has 0 bridgehead atoms. The van der Waals surface area contributed by atoms with Crippen LogP contribution in [0.4, 0.5) is 10.1 Å². The number of likely N-dealkylation sites (tertiary alicyclic amines) is 1. The number of hydrogen-bond acceptors (Lipinski definition) is 3. The van der Waals surface area contributed by atoms with E-state index < -0.39 is 5.60 Å². The first-order chi connectivity index (χ1) is 7.98. The number of nitrogen functional groups attached to an aromatic ring is 1. The Morgan fingerprint density at radius 2 is 2.29 bits per heavy atom. The minimum atomic E-state index is -0.668. The average Bonchev–Trinajstić information content (AvgIpc) is 2.22. The summed E-state index contributed by atoms with van der Waals surface area (Å²) in [5, 5.41) is 9.99. The molecule has 1 fully saturated rings. The molecule has 0 aromatic heterocycles. The van der Waals surface area contributed by atoms with Crippen LogP contribution in [-0.2, 0) is 6.54 Å². The van der Waals surface area contributed by atoms with Crippen LogP contribution in [0.25, 0.3) is 0 Å². The highest BCUT2D eigenvalue weighted by molar-refractivity contribution is 5.47. The molecule has 3 N–H and O–H groups in total. The van der Waals surface area contributed by atoms with Gasteiger partial charge in [-0.15, -0.1) is 0 Å². The normalized spacial score (nSPS) is 26.1. The lowest BCUT2D eigenvalue weighted by molar-refractivity contribution is -0.0183. The molecule has 1 atom stereocenters. The SMILES string of the molecule is CC1(O)CCCN(Cc2c(N)cccc2F)C1. The zero-order valence-corrected chi connectivity index (χ0v) is 10.1. The van der Waals surface area contributed by atoms with Crippen LogP contribution >= 0.6 is 0 Å². The van der Waals surface area contributed by atoms with E-state index in [9.17, 15) is 9.50 Å². The number of hydrogen-bond donors (Lipinski definition) is 2. The van der Waals surface area contributed by atoms with E-state index in [2.05, 4.69) is 4.90 Å². The van der Waals surface area contributed by atoms with Gasteiger partial charge >= 0.3 is 0 Å². The molecule has 1 aromatic carbocycles. The first-order valence-corrected chi connectivity index (χ1v) is 5.95. The number of rotatable bonds is 2. The molecule has 0 aliphatic carbocycles. The predicted octanol–water partition coefficient (Wildman–Crippen LogP) is 1.75. The Balaban J connectivity index is 2.10. The Morgan fingerprint density at radius 3 is 2.94 bits per heavy atom. The van der Waals surface area contributed by atoms with E-state index in [1.54, 1.807) is 12.1 Å². The van der Waals surface area contributed by atoms with Crippen molar-refractivity contribution >= 4 is 5.69 Å². The number of aliphatic hydroxyl groups is 1. The predicted molar refractivity (Wildman–Crippen MR) is 65.9 cm³/mol. The van der Waals surface area contributed by atoms with Crippen molar-refractivity contribution in [2.45, 2.75) is 31.9 Å². The van der Waals surface area contributed by atoms with Crippen LogP contribution in [0.2, 0.25) is 0 Å². The first kappa shape index (κ1) is 12.3. The number of halogens is 1. The molecule has 1 unspecified atom stereocenters. The summed E-state index contributed by atoms with van der Waals surface area (Å²) in [5.41, 5.74) is 6.12. The highest BCUT2D eigenvalue weighted by atomic mass is 19.1. The second kappa shape index (κ2) is 4.63. The standard InChI is InChI=1S/C13H19FN2O/c1-13(17)6-3-7-16(9-13)8-10-11(14)4-2-5-12(10)15/h2,4-5,17H,3,6-9,15H2,1H3. The molecule has 17 heavy (non-hydrogen) atoms. The third-order valence-corrected chi connectivity index (χ3v) is 3.29. The lowest BCUT2D eigenvalue weighted by Gasteiger charge is -2.37. The van der Waals surface area contributed by atoms with E-state index in [4.69, 9.17) is 5.73 Å². The minimum absolute atomic E-state index is 0.268. The average molecular weight is 238 g/mol. The van der Waals surface area contributed by atoms with E-state index in [1.165, 1.54) is 6.07 Å². The van der Waals surface area contributed by atoms with Crippen LogP contribution < -0.4 is 5.73 Å². The Kier molecular flexibility index (Phi) is 3.35. The number of benzene rings is 1. The van der Waals surface area contributed by atoms with Crippen molar-refractivity contribution < 1.29 is 9.50 Å². The molecule has 0 radical (unpaired) electrons. The van der Waals surface area contributed by atoms with E-state index in [-0.39, 0.29) is 5.82 Å². The van der Waals surface area contributed by atoms with Crippen molar-refractivity contribution in [3.8, 4) is 0 Å². The summed E-state index contributed by atoms with van der Waals surface area (Å²) in [6, 6.07) is 4.74. The molecule has 1 saturated heterocycles. The second-order valence-corrected chi connectivity index (χ2v) is 5.12. The number of nitrogens with zero attached hydrogens (tertiary/aromatic N) is 1. The van der Waals surface area contributed by atoms with Gasteiger partial charge in [0.1, 0.15) is 5.82 Å². The number of anilines is 1. The van der Waals surface area contributed by atoms with Crippen LogP contribution in [0.1, 0.15) is 25.3 Å². The largest absolute Gasteiger partial charge is 0.398 e. The maximum Gasteiger partial charge on any atom is 0.129 e. The van der Waals surface area contributed by atoms with Crippen molar-refractivity contribution in [3.63, 3.8) is 0 Å². The Labute approximate surface area is 101 Å². The summed E-state index contributed by atoms with van der Waals surface area (Å²) in [7, 11) is 0. The molecule has 2 rings (SSSR count). The molecule has 4 heteroatoms.